The van der Waals surface area contributed by atoms with Crippen molar-refractivity contribution < 1.29 is 71.4 Å². The molecule has 3 saturated heterocycles. The number of methoxy groups -OCH3 is 1. The summed E-state index contributed by atoms with van der Waals surface area (Å²) in [6, 6.07) is 1.65. The molecule has 4 aliphatic carbocycles. The molecule has 4 heterocycles. The Hall–Kier alpha value is -3.53. The lowest BCUT2D eigenvalue weighted by atomic mass is 9.33. The highest BCUT2D eigenvalue weighted by atomic mass is 16.9. The number of esters is 5. The van der Waals surface area contributed by atoms with Gasteiger partial charge in [-0.25, -0.2) is 0 Å². The van der Waals surface area contributed by atoms with Crippen molar-refractivity contribution in [2.24, 2.45) is 39.9 Å². The minimum absolute atomic E-state index is 0.0282. The summed E-state index contributed by atoms with van der Waals surface area (Å²) in [4.78, 5) is 68.5. The summed E-state index contributed by atoms with van der Waals surface area (Å²) in [5.74, 6) is -8.30. The van der Waals surface area contributed by atoms with Crippen LogP contribution >= 0.6 is 0 Å². The van der Waals surface area contributed by atoms with E-state index in [-0.39, 0.29) is 25.7 Å². The zero-order valence-corrected chi connectivity index (χ0v) is 32.3. The Bertz CT molecular complexity index is 1820. The number of fused-ring (bicyclic) bond motifs is 3. The summed E-state index contributed by atoms with van der Waals surface area (Å²) < 4.78 is 57.4. The first-order chi connectivity index (χ1) is 25.1. The molecular formula is C39H50O15. The Morgan fingerprint density at radius 1 is 0.926 bits per heavy atom. The number of carbonyl (C=O) groups is 5. The van der Waals surface area contributed by atoms with Crippen molar-refractivity contribution in [1.82, 2.24) is 0 Å². The van der Waals surface area contributed by atoms with Crippen molar-refractivity contribution in [3.63, 3.8) is 0 Å². The second kappa shape index (κ2) is 11.1. The quantitative estimate of drug-likeness (QED) is 0.298. The average Bonchev–Trinajstić information content (AvgIpc) is 3.78. The molecule has 4 saturated carbocycles. The van der Waals surface area contributed by atoms with Crippen LogP contribution in [0.1, 0.15) is 99.7 Å². The first-order valence-electron chi connectivity index (χ1n) is 18.8. The molecule has 3 aliphatic heterocycles. The van der Waals surface area contributed by atoms with Crippen LogP contribution in [-0.2, 0) is 61.9 Å². The average molecular weight is 759 g/mol. The second-order valence-electron chi connectivity index (χ2n) is 18.0. The van der Waals surface area contributed by atoms with Gasteiger partial charge in [-0.1, -0.05) is 48.5 Å². The van der Waals surface area contributed by atoms with Gasteiger partial charge in [-0.15, -0.1) is 0 Å². The Morgan fingerprint density at radius 2 is 1.56 bits per heavy atom. The SMILES string of the molecule is COC(=O)C[C@H]1[C@@]2(C)CC34OC5(C)O[C@]6([C@@H]7CC(=O)O[C@@H](c8ccoc8)[C@]7(C)[C@@H](OC(C)=O)C[C@]6(O5)[C@]13C)[C@H](OC(=O)C(C)C)[C@@]4(O)[C@H]2OC(=O)C(C)C. The summed E-state index contributed by atoms with van der Waals surface area (Å²) in [5.41, 5.74) is -11.3. The maximum absolute atomic E-state index is 14.1. The Balaban J connectivity index is 1.50. The minimum Gasteiger partial charge on any atom is -0.472 e. The van der Waals surface area contributed by atoms with Gasteiger partial charge in [-0.2, -0.15) is 0 Å². The van der Waals surface area contributed by atoms with E-state index in [0.717, 1.165) is 0 Å². The van der Waals surface area contributed by atoms with Crippen molar-refractivity contribution in [2.75, 3.05) is 7.11 Å². The monoisotopic (exact) mass is 758 g/mol. The number of carbonyl (C=O) groups excluding carboxylic acids is 5. The molecule has 54 heavy (non-hydrogen) atoms. The van der Waals surface area contributed by atoms with Gasteiger partial charge in [0.25, 0.3) is 5.97 Å². The van der Waals surface area contributed by atoms with Gasteiger partial charge in [0.1, 0.15) is 35.1 Å². The van der Waals surface area contributed by atoms with E-state index in [1.54, 1.807) is 40.7 Å². The van der Waals surface area contributed by atoms with Crippen LogP contribution in [0.5, 0.6) is 0 Å². The molecule has 14 atom stereocenters. The third kappa shape index (κ3) is 3.94. The van der Waals surface area contributed by atoms with E-state index in [1.165, 1.54) is 26.6 Å². The summed E-state index contributed by atoms with van der Waals surface area (Å²) >= 11 is 0. The highest BCUT2D eigenvalue weighted by Gasteiger charge is 3.04. The lowest BCUT2D eigenvalue weighted by molar-refractivity contribution is -0.480. The van der Waals surface area contributed by atoms with Gasteiger partial charge in [-0.3, -0.25) is 24.0 Å². The highest BCUT2D eigenvalue weighted by molar-refractivity contribution is 5.76. The topological polar surface area (TPSA) is 193 Å². The van der Waals surface area contributed by atoms with Gasteiger partial charge >= 0.3 is 29.8 Å². The number of aliphatic hydroxyl groups is 1. The van der Waals surface area contributed by atoms with Crippen molar-refractivity contribution in [2.45, 2.75) is 141 Å². The first-order valence-corrected chi connectivity index (χ1v) is 18.8. The largest absolute Gasteiger partial charge is 0.472 e. The smallest absolute Gasteiger partial charge is 0.308 e. The van der Waals surface area contributed by atoms with Crippen LogP contribution < -0.4 is 0 Å². The van der Waals surface area contributed by atoms with E-state index in [1.807, 2.05) is 20.8 Å². The zero-order valence-electron chi connectivity index (χ0n) is 32.3. The van der Waals surface area contributed by atoms with Crippen molar-refractivity contribution in [3.05, 3.63) is 24.2 Å². The Labute approximate surface area is 312 Å². The number of rotatable bonds is 8. The predicted octanol–water partition coefficient (Wildman–Crippen LogP) is 3.68. The fourth-order valence-corrected chi connectivity index (χ4v) is 12.9. The van der Waals surface area contributed by atoms with Crippen LogP contribution in [0.4, 0.5) is 0 Å². The molecule has 2 spiro atoms. The van der Waals surface area contributed by atoms with Gasteiger partial charge in [0, 0.05) is 49.0 Å². The summed E-state index contributed by atoms with van der Waals surface area (Å²) in [6.45, 7) is 14.9. The number of hydrogen-bond donors (Lipinski definition) is 1. The van der Waals surface area contributed by atoms with Crippen molar-refractivity contribution >= 4 is 29.8 Å². The minimum atomic E-state index is -2.34. The molecule has 7 aliphatic rings. The molecule has 1 aromatic heterocycles. The second-order valence-corrected chi connectivity index (χ2v) is 18.0. The van der Waals surface area contributed by atoms with Gasteiger partial charge in [-0.05, 0) is 18.4 Å². The molecule has 0 radical (unpaired) electrons. The van der Waals surface area contributed by atoms with Crippen molar-refractivity contribution in [1.29, 1.82) is 0 Å². The van der Waals surface area contributed by atoms with E-state index in [2.05, 4.69) is 0 Å². The van der Waals surface area contributed by atoms with Crippen LogP contribution in [0.25, 0.3) is 0 Å². The first kappa shape index (κ1) is 37.4. The zero-order chi connectivity index (χ0) is 39.4. The third-order valence-electron chi connectivity index (χ3n) is 14.7. The number of ether oxygens (including phenoxy) is 8. The normalized spacial score (nSPS) is 48.9. The lowest BCUT2D eigenvalue weighted by Crippen LogP contribution is -2.94. The van der Waals surface area contributed by atoms with E-state index in [4.69, 9.17) is 42.3 Å². The summed E-state index contributed by atoms with van der Waals surface area (Å²) in [7, 11) is 1.27. The standard InChI is InChI=1S/C39H50O15/c1-18(2)28(43)50-30-32(6)17-37-34(8,22(32)13-25(41)46-10)36-15-24(48-20(5)40)33(7)23(14-26(42)49-27(33)21-11-12-47-16-21)39(36,54-35(9,52-36)53-37)31(38(30,37)45)51-29(44)19(3)4/h11-12,16,18-19,22-24,27,30-31,45H,13-15,17H2,1-10H3/t22-,23+,24-,27-,30-,31+,32+,33-,34-,35?,36-,37?,38-,39+/m0/s1. The summed E-state index contributed by atoms with van der Waals surface area (Å²) in [6.07, 6.45) is -3.00. The lowest BCUT2D eigenvalue weighted by Gasteiger charge is -2.77. The number of cyclic esters (lactones) is 1. The Kier molecular flexibility index (Phi) is 7.67. The van der Waals surface area contributed by atoms with Gasteiger partial charge in [0.2, 0.25) is 0 Å². The molecule has 296 valence electrons. The summed E-state index contributed by atoms with van der Waals surface area (Å²) in [5, 5.41) is 14.0. The number of hydrogen-bond acceptors (Lipinski definition) is 15. The van der Waals surface area contributed by atoms with E-state index in [9.17, 15) is 29.1 Å². The molecule has 1 N–H and O–H groups in total. The van der Waals surface area contributed by atoms with E-state index >= 15 is 0 Å². The molecule has 1 aromatic rings. The van der Waals surface area contributed by atoms with Crippen LogP contribution in [0.3, 0.4) is 0 Å². The molecule has 2 unspecified atom stereocenters. The maximum Gasteiger partial charge on any atom is 0.308 e. The molecule has 15 nitrogen and oxygen atoms in total. The van der Waals surface area contributed by atoms with Crippen LogP contribution in [-0.4, -0.2) is 88.8 Å². The van der Waals surface area contributed by atoms with Crippen LogP contribution in [0.2, 0.25) is 0 Å². The molecule has 4 bridgehead atoms. The number of furan rings is 1. The van der Waals surface area contributed by atoms with Gasteiger partial charge in [0.05, 0.1) is 43.3 Å². The van der Waals surface area contributed by atoms with Crippen LogP contribution in [0.15, 0.2) is 23.0 Å². The molecule has 8 rings (SSSR count). The van der Waals surface area contributed by atoms with Gasteiger partial charge < -0.3 is 47.4 Å². The third-order valence-corrected chi connectivity index (χ3v) is 14.7. The molecule has 0 aromatic carbocycles. The van der Waals surface area contributed by atoms with Gasteiger partial charge in [0.15, 0.2) is 11.7 Å². The fourth-order valence-electron chi connectivity index (χ4n) is 12.9. The highest BCUT2D eigenvalue weighted by Crippen LogP contribution is 2.90. The maximum atomic E-state index is 14.1. The van der Waals surface area contributed by atoms with Crippen LogP contribution in [0, 0.1) is 39.9 Å². The Morgan fingerprint density at radius 3 is 2.13 bits per heavy atom. The molecule has 15 heteroatoms. The van der Waals surface area contributed by atoms with E-state index < -0.39 is 123 Å². The van der Waals surface area contributed by atoms with E-state index in [0.29, 0.717) is 5.56 Å². The van der Waals surface area contributed by atoms with Crippen molar-refractivity contribution in [3.8, 4) is 0 Å². The fraction of sp³-hybridized carbons (Fsp3) is 0.769. The predicted molar refractivity (Wildman–Crippen MR) is 179 cm³/mol. The molecular weight excluding hydrogens is 708 g/mol. The molecule has 0 amide bonds. The molecule has 7 fully saturated rings.